The predicted octanol–water partition coefficient (Wildman–Crippen LogP) is 2.58. The van der Waals surface area contributed by atoms with Crippen LogP contribution >= 0.6 is 24.0 Å². The van der Waals surface area contributed by atoms with Crippen LogP contribution in [-0.4, -0.2) is 43.9 Å². The molecule has 0 saturated heterocycles. The molecule has 0 bridgehead atoms. The Hall–Kier alpha value is -1.09. The van der Waals surface area contributed by atoms with Crippen molar-refractivity contribution in [2.45, 2.75) is 39.3 Å². The molecule has 1 aliphatic rings. The van der Waals surface area contributed by atoms with Gasteiger partial charge in [-0.05, 0) is 44.2 Å². The average Bonchev–Trinajstić information content (AvgIpc) is 3.36. The molecule has 1 aromatic rings. The SMILES string of the molecule is CCNC(=NCc1ccnc(OCC2CC2)c1)NC(C)COC.I. The molecular weight excluding hydrogens is 419 g/mol. The van der Waals surface area contributed by atoms with E-state index < -0.39 is 0 Å². The van der Waals surface area contributed by atoms with Gasteiger partial charge in [0.1, 0.15) is 0 Å². The number of rotatable bonds is 9. The summed E-state index contributed by atoms with van der Waals surface area (Å²) in [6.07, 6.45) is 4.34. The van der Waals surface area contributed by atoms with Crippen LogP contribution in [0.15, 0.2) is 23.3 Å². The number of aliphatic imine (C=N–C) groups is 1. The third kappa shape index (κ3) is 8.14. The molecule has 1 aromatic heterocycles. The van der Waals surface area contributed by atoms with Crippen molar-refractivity contribution in [3.8, 4) is 5.88 Å². The molecular formula is C17H29IN4O2. The number of aromatic nitrogens is 1. The Bertz CT molecular complexity index is 509. The number of halogens is 1. The van der Waals surface area contributed by atoms with Crippen LogP contribution in [0.3, 0.4) is 0 Å². The van der Waals surface area contributed by atoms with E-state index in [-0.39, 0.29) is 30.0 Å². The van der Waals surface area contributed by atoms with Gasteiger partial charge >= 0.3 is 0 Å². The maximum absolute atomic E-state index is 5.71. The zero-order chi connectivity index (χ0) is 16.5. The average molecular weight is 448 g/mol. The Labute approximate surface area is 161 Å². The quantitative estimate of drug-likeness (QED) is 0.346. The first-order valence-corrected chi connectivity index (χ1v) is 8.32. The first kappa shape index (κ1) is 21.0. The third-order valence-electron chi connectivity index (χ3n) is 3.53. The largest absolute Gasteiger partial charge is 0.477 e. The fourth-order valence-electron chi connectivity index (χ4n) is 2.13. The molecule has 0 aliphatic heterocycles. The number of methoxy groups -OCH3 is 1. The Balaban J connectivity index is 0.00000288. The van der Waals surface area contributed by atoms with E-state index in [0.717, 1.165) is 30.6 Å². The van der Waals surface area contributed by atoms with Crippen LogP contribution in [0.25, 0.3) is 0 Å². The van der Waals surface area contributed by atoms with E-state index in [9.17, 15) is 0 Å². The summed E-state index contributed by atoms with van der Waals surface area (Å²) in [7, 11) is 1.70. The molecule has 6 nitrogen and oxygen atoms in total. The molecule has 1 atom stereocenters. The molecule has 7 heteroatoms. The molecule has 2 rings (SSSR count). The molecule has 0 amide bonds. The van der Waals surface area contributed by atoms with E-state index in [0.29, 0.717) is 19.0 Å². The van der Waals surface area contributed by atoms with Crippen LogP contribution in [0.4, 0.5) is 0 Å². The van der Waals surface area contributed by atoms with Gasteiger partial charge in [-0.2, -0.15) is 0 Å². The molecule has 1 aliphatic carbocycles. The van der Waals surface area contributed by atoms with Crippen molar-refractivity contribution in [2.75, 3.05) is 26.9 Å². The zero-order valence-corrected chi connectivity index (χ0v) is 17.1. The summed E-state index contributed by atoms with van der Waals surface area (Å²) in [6, 6.07) is 4.14. The third-order valence-corrected chi connectivity index (χ3v) is 3.53. The normalized spacial score (nSPS) is 15.4. The second-order valence-electron chi connectivity index (χ2n) is 5.95. The van der Waals surface area contributed by atoms with Crippen molar-refractivity contribution in [1.82, 2.24) is 15.6 Å². The number of nitrogens with one attached hydrogen (secondary N) is 2. The van der Waals surface area contributed by atoms with Gasteiger partial charge in [-0.15, -0.1) is 24.0 Å². The van der Waals surface area contributed by atoms with Gasteiger partial charge in [0.05, 0.1) is 19.8 Å². The predicted molar refractivity (Wildman–Crippen MR) is 107 cm³/mol. The first-order valence-electron chi connectivity index (χ1n) is 8.32. The van der Waals surface area contributed by atoms with Gasteiger partial charge in [0.2, 0.25) is 5.88 Å². The first-order chi connectivity index (χ1) is 11.2. The summed E-state index contributed by atoms with van der Waals surface area (Å²) in [5, 5.41) is 6.56. The van der Waals surface area contributed by atoms with Gasteiger partial charge in [-0.3, -0.25) is 0 Å². The van der Waals surface area contributed by atoms with E-state index in [1.54, 1.807) is 13.3 Å². The van der Waals surface area contributed by atoms with Crippen molar-refractivity contribution in [1.29, 1.82) is 0 Å². The maximum atomic E-state index is 5.71. The lowest BCUT2D eigenvalue weighted by Crippen LogP contribution is -2.43. The fraction of sp³-hybridized carbons (Fsp3) is 0.647. The Morgan fingerprint density at radius 3 is 2.92 bits per heavy atom. The second kappa shape index (κ2) is 11.5. The molecule has 136 valence electrons. The smallest absolute Gasteiger partial charge is 0.213 e. The van der Waals surface area contributed by atoms with E-state index in [1.165, 1.54) is 12.8 Å². The Morgan fingerprint density at radius 1 is 1.46 bits per heavy atom. The second-order valence-corrected chi connectivity index (χ2v) is 5.95. The van der Waals surface area contributed by atoms with E-state index >= 15 is 0 Å². The lowest BCUT2D eigenvalue weighted by atomic mass is 10.3. The van der Waals surface area contributed by atoms with E-state index in [2.05, 4.69) is 34.5 Å². The number of guanidine groups is 1. The van der Waals surface area contributed by atoms with Gasteiger partial charge in [0.25, 0.3) is 0 Å². The molecule has 1 heterocycles. The summed E-state index contributed by atoms with van der Waals surface area (Å²) in [5.41, 5.74) is 1.09. The van der Waals surface area contributed by atoms with Crippen LogP contribution in [0, 0.1) is 5.92 Å². The summed E-state index contributed by atoms with van der Waals surface area (Å²) in [4.78, 5) is 8.87. The van der Waals surface area contributed by atoms with Gasteiger partial charge in [0.15, 0.2) is 5.96 Å². The Morgan fingerprint density at radius 2 is 2.25 bits per heavy atom. The highest BCUT2D eigenvalue weighted by Gasteiger charge is 2.22. The van der Waals surface area contributed by atoms with Crippen LogP contribution < -0.4 is 15.4 Å². The van der Waals surface area contributed by atoms with E-state index in [1.807, 2.05) is 12.1 Å². The summed E-state index contributed by atoms with van der Waals surface area (Å²) in [5.74, 6) is 2.20. The van der Waals surface area contributed by atoms with Crippen molar-refractivity contribution in [3.05, 3.63) is 23.9 Å². The molecule has 1 unspecified atom stereocenters. The van der Waals surface area contributed by atoms with Crippen LogP contribution in [0.2, 0.25) is 0 Å². The van der Waals surface area contributed by atoms with Crippen molar-refractivity contribution >= 4 is 29.9 Å². The molecule has 0 radical (unpaired) electrons. The van der Waals surface area contributed by atoms with E-state index in [4.69, 9.17) is 9.47 Å². The highest BCUT2D eigenvalue weighted by atomic mass is 127. The molecule has 0 spiro atoms. The molecule has 1 fully saturated rings. The lowest BCUT2D eigenvalue weighted by molar-refractivity contribution is 0.179. The zero-order valence-electron chi connectivity index (χ0n) is 14.7. The minimum absolute atomic E-state index is 0. The highest BCUT2D eigenvalue weighted by molar-refractivity contribution is 14.0. The molecule has 0 aromatic carbocycles. The molecule has 24 heavy (non-hydrogen) atoms. The summed E-state index contributed by atoms with van der Waals surface area (Å²) >= 11 is 0. The van der Waals surface area contributed by atoms with Crippen LogP contribution in [0.5, 0.6) is 5.88 Å². The van der Waals surface area contributed by atoms with Crippen molar-refractivity contribution in [2.24, 2.45) is 10.9 Å². The van der Waals surface area contributed by atoms with Gasteiger partial charge < -0.3 is 20.1 Å². The number of ether oxygens (including phenoxy) is 2. The standard InChI is InChI=1S/C17H28N4O2.HI/c1-4-18-17(21-13(2)11-22-3)20-10-15-7-8-19-16(9-15)23-12-14-5-6-14;/h7-9,13-14H,4-6,10-12H2,1-3H3,(H2,18,20,21);1H. The van der Waals surface area contributed by atoms with Crippen molar-refractivity contribution < 1.29 is 9.47 Å². The topological polar surface area (TPSA) is 67.8 Å². The fourth-order valence-corrected chi connectivity index (χ4v) is 2.13. The van der Waals surface area contributed by atoms with Crippen LogP contribution in [0.1, 0.15) is 32.3 Å². The summed E-state index contributed by atoms with van der Waals surface area (Å²) in [6.45, 7) is 6.92. The number of pyridine rings is 1. The molecule has 1 saturated carbocycles. The van der Waals surface area contributed by atoms with Gasteiger partial charge in [-0.1, -0.05) is 0 Å². The maximum Gasteiger partial charge on any atom is 0.213 e. The lowest BCUT2D eigenvalue weighted by Gasteiger charge is -2.17. The van der Waals surface area contributed by atoms with Gasteiger partial charge in [0, 0.05) is 32.0 Å². The molecule has 2 N–H and O–H groups in total. The number of hydrogen-bond acceptors (Lipinski definition) is 4. The number of hydrogen-bond donors (Lipinski definition) is 2. The number of nitrogens with zero attached hydrogens (tertiary/aromatic N) is 2. The summed E-state index contributed by atoms with van der Waals surface area (Å²) < 4.78 is 10.9. The highest BCUT2D eigenvalue weighted by Crippen LogP contribution is 2.29. The van der Waals surface area contributed by atoms with Crippen molar-refractivity contribution in [3.63, 3.8) is 0 Å². The minimum Gasteiger partial charge on any atom is -0.477 e. The van der Waals surface area contributed by atoms with Crippen LogP contribution in [-0.2, 0) is 11.3 Å². The Kier molecular flexibility index (Phi) is 10.0. The monoisotopic (exact) mass is 448 g/mol. The minimum atomic E-state index is 0. The van der Waals surface area contributed by atoms with Gasteiger partial charge in [-0.25, -0.2) is 9.98 Å².